The molecule has 0 unspecified atom stereocenters. The number of nitrogens with one attached hydrogen (secondary N) is 2. The predicted molar refractivity (Wildman–Crippen MR) is 123 cm³/mol. The first-order chi connectivity index (χ1) is 15.1. The largest absolute Gasteiger partial charge is 0.374 e. The van der Waals surface area contributed by atoms with Crippen molar-refractivity contribution in [3.63, 3.8) is 0 Å². The maximum atomic E-state index is 13.4. The molecule has 0 aliphatic heterocycles. The lowest BCUT2D eigenvalue weighted by atomic mass is 10.1. The number of aryl methyl sites for hydroxylation is 1. The van der Waals surface area contributed by atoms with Crippen molar-refractivity contribution in [2.24, 2.45) is 0 Å². The van der Waals surface area contributed by atoms with E-state index < -0.39 is 15.8 Å². The van der Waals surface area contributed by atoms with Gasteiger partial charge in [-0.1, -0.05) is 12.1 Å². The van der Waals surface area contributed by atoms with Gasteiger partial charge in [-0.25, -0.2) is 12.8 Å². The number of anilines is 2. The molecule has 0 aromatic heterocycles. The van der Waals surface area contributed by atoms with E-state index in [1.54, 1.807) is 6.07 Å². The molecule has 3 rings (SSSR count). The molecule has 0 saturated carbocycles. The van der Waals surface area contributed by atoms with Crippen LogP contribution in [0.5, 0.6) is 0 Å². The quantitative estimate of drug-likeness (QED) is 0.493. The molecule has 2 N–H and O–H groups in total. The average molecular weight is 457 g/mol. The molecule has 168 valence electrons. The van der Waals surface area contributed by atoms with Gasteiger partial charge in [0.15, 0.2) is 0 Å². The Balaban J connectivity index is 1.67. The highest BCUT2D eigenvalue weighted by atomic mass is 32.2. The van der Waals surface area contributed by atoms with Crippen LogP contribution in [0.15, 0.2) is 71.6 Å². The van der Waals surface area contributed by atoms with E-state index in [-0.39, 0.29) is 28.2 Å². The number of carbonyl (C=O) groups is 1. The Bertz CT molecular complexity index is 1210. The molecule has 0 atom stereocenters. The zero-order valence-electron chi connectivity index (χ0n) is 18.1. The van der Waals surface area contributed by atoms with Gasteiger partial charge in [0.1, 0.15) is 5.82 Å². The van der Waals surface area contributed by atoms with Crippen LogP contribution in [0.3, 0.4) is 0 Å². The van der Waals surface area contributed by atoms with Crippen LogP contribution in [-0.4, -0.2) is 20.4 Å². The molecule has 1 amide bonds. The van der Waals surface area contributed by atoms with Crippen LogP contribution in [0.25, 0.3) is 0 Å². The average Bonchev–Trinajstić information content (AvgIpc) is 2.74. The Kier molecular flexibility index (Phi) is 7.27. The minimum absolute atomic E-state index is 0.0421. The van der Waals surface area contributed by atoms with Crippen molar-refractivity contribution in [1.82, 2.24) is 0 Å². The van der Waals surface area contributed by atoms with Crippen molar-refractivity contribution >= 4 is 27.3 Å². The number of sulfonamides is 1. The molecule has 0 radical (unpaired) electrons. The van der Waals surface area contributed by atoms with Gasteiger partial charge in [-0.15, -0.1) is 0 Å². The zero-order chi connectivity index (χ0) is 23.3. The van der Waals surface area contributed by atoms with E-state index in [0.717, 1.165) is 11.6 Å². The maximum Gasteiger partial charge on any atom is 0.261 e. The smallest absolute Gasteiger partial charge is 0.261 e. The fourth-order valence-corrected chi connectivity index (χ4v) is 4.04. The molecule has 0 aliphatic rings. The molecule has 3 aromatic rings. The molecule has 3 aromatic carbocycles. The Morgan fingerprint density at radius 1 is 1.00 bits per heavy atom. The Hall–Kier alpha value is -3.23. The van der Waals surface area contributed by atoms with Crippen LogP contribution in [0.2, 0.25) is 0 Å². The van der Waals surface area contributed by atoms with Crippen molar-refractivity contribution < 1.29 is 22.3 Å². The van der Waals surface area contributed by atoms with Gasteiger partial charge in [0.05, 0.1) is 17.6 Å². The molecule has 6 nitrogen and oxygen atoms in total. The Morgan fingerprint density at radius 2 is 1.72 bits per heavy atom. The monoisotopic (exact) mass is 456 g/mol. The number of carbonyl (C=O) groups excluding carboxylic acids is 1. The molecule has 0 fully saturated rings. The van der Waals surface area contributed by atoms with Crippen LogP contribution in [-0.2, 0) is 21.4 Å². The summed E-state index contributed by atoms with van der Waals surface area (Å²) in [6.45, 7) is 5.85. The van der Waals surface area contributed by atoms with Gasteiger partial charge in [0, 0.05) is 16.9 Å². The van der Waals surface area contributed by atoms with Gasteiger partial charge in [-0.05, 0) is 86.5 Å². The van der Waals surface area contributed by atoms with E-state index in [9.17, 15) is 17.6 Å². The van der Waals surface area contributed by atoms with Crippen LogP contribution in [0.1, 0.15) is 35.3 Å². The number of benzene rings is 3. The van der Waals surface area contributed by atoms with Crippen LogP contribution in [0, 0.1) is 12.7 Å². The zero-order valence-corrected chi connectivity index (χ0v) is 18.9. The molecule has 0 spiro atoms. The second-order valence-corrected chi connectivity index (χ2v) is 9.29. The van der Waals surface area contributed by atoms with Crippen molar-refractivity contribution in [2.75, 3.05) is 10.0 Å². The third kappa shape index (κ3) is 6.15. The first-order valence-electron chi connectivity index (χ1n) is 10.0. The predicted octanol–water partition coefficient (Wildman–Crippen LogP) is 5.11. The molecular weight excluding hydrogens is 431 g/mol. The van der Waals surface area contributed by atoms with Crippen molar-refractivity contribution in [3.8, 4) is 0 Å². The Labute approximate surface area is 187 Å². The van der Waals surface area contributed by atoms with Crippen molar-refractivity contribution in [2.45, 2.75) is 38.4 Å². The highest BCUT2D eigenvalue weighted by Gasteiger charge is 2.16. The number of rotatable bonds is 8. The third-order valence-corrected chi connectivity index (χ3v) is 5.99. The van der Waals surface area contributed by atoms with E-state index >= 15 is 0 Å². The molecule has 32 heavy (non-hydrogen) atoms. The maximum absolute atomic E-state index is 13.4. The Morgan fingerprint density at radius 3 is 2.38 bits per heavy atom. The lowest BCUT2D eigenvalue weighted by Gasteiger charge is -2.11. The van der Waals surface area contributed by atoms with Gasteiger partial charge < -0.3 is 10.1 Å². The lowest BCUT2D eigenvalue weighted by Crippen LogP contribution is -2.14. The van der Waals surface area contributed by atoms with E-state index in [0.29, 0.717) is 17.9 Å². The third-order valence-electron chi connectivity index (χ3n) is 4.61. The standard InChI is InChI=1S/C24H25FN2O4S/c1-16(2)31-15-18-5-4-6-21(14-18)26-24(28)19-7-9-20(10-8-19)27-32(29,30)22-11-12-23(25)17(3)13-22/h4-14,16,27H,15H2,1-3H3,(H,26,28). The van der Waals surface area contributed by atoms with E-state index in [1.807, 2.05) is 32.0 Å². The highest BCUT2D eigenvalue weighted by Crippen LogP contribution is 2.20. The SMILES string of the molecule is Cc1cc(S(=O)(=O)Nc2ccc(C(=O)Nc3cccc(COC(C)C)c3)cc2)ccc1F. The summed E-state index contributed by atoms with van der Waals surface area (Å²) in [5.41, 5.74) is 2.47. The number of halogens is 1. The van der Waals surface area contributed by atoms with Gasteiger partial charge in [0.2, 0.25) is 0 Å². The second-order valence-electron chi connectivity index (χ2n) is 7.61. The fraction of sp³-hybridized carbons (Fsp3) is 0.208. The minimum atomic E-state index is -3.88. The van der Waals surface area contributed by atoms with Gasteiger partial charge in [0.25, 0.3) is 15.9 Å². The highest BCUT2D eigenvalue weighted by molar-refractivity contribution is 7.92. The summed E-state index contributed by atoms with van der Waals surface area (Å²) in [6, 6.07) is 17.0. The molecular formula is C24H25FN2O4S. The number of hydrogen-bond donors (Lipinski definition) is 2. The molecule has 8 heteroatoms. The lowest BCUT2D eigenvalue weighted by molar-refractivity contribution is 0.0657. The van der Waals surface area contributed by atoms with Crippen molar-refractivity contribution in [3.05, 3.63) is 89.2 Å². The summed E-state index contributed by atoms with van der Waals surface area (Å²) < 4.78 is 46.5. The number of ether oxygens (including phenoxy) is 1. The molecule has 0 heterocycles. The molecule has 0 saturated heterocycles. The fourth-order valence-electron chi connectivity index (χ4n) is 2.89. The van der Waals surface area contributed by atoms with E-state index in [4.69, 9.17) is 4.74 Å². The topological polar surface area (TPSA) is 84.5 Å². The second kappa shape index (κ2) is 9.93. The minimum Gasteiger partial charge on any atom is -0.374 e. The van der Waals surface area contributed by atoms with E-state index in [2.05, 4.69) is 10.0 Å². The summed E-state index contributed by atoms with van der Waals surface area (Å²) in [4.78, 5) is 12.5. The normalized spacial score (nSPS) is 11.4. The summed E-state index contributed by atoms with van der Waals surface area (Å²) >= 11 is 0. The summed E-state index contributed by atoms with van der Waals surface area (Å²) in [6.07, 6.45) is 0.108. The summed E-state index contributed by atoms with van der Waals surface area (Å²) in [5, 5.41) is 2.82. The van der Waals surface area contributed by atoms with Crippen LogP contribution in [0.4, 0.5) is 15.8 Å². The summed E-state index contributed by atoms with van der Waals surface area (Å²) in [5.74, 6) is -0.798. The van der Waals surface area contributed by atoms with Gasteiger partial charge >= 0.3 is 0 Å². The number of amides is 1. The van der Waals surface area contributed by atoms with Crippen molar-refractivity contribution in [1.29, 1.82) is 0 Å². The van der Waals surface area contributed by atoms with Gasteiger partial charge in [-0.2, -0.15) is 0 Å². The van der Waals surface area contributed by atoms with Gasteiger partial charge in [-0.3, -0.25) is 9.52 Å². The first kappa shape index (κ1) is 23.4. The van der Waals surface area contributed by atoms with E-state index in [1.165, 1.54) is 43.3 Å². The summed E-state index contributed by atoms with van der Waals surface area (Å²) in [7, 11) is -3.88. The first-order valence-corrected chi connectivity index (χ1v) is 11.5. The van der Waals surface area contributed by atoms with Crippen LogP contribution >= 0.6 is 0 Å². The molecule has 0 aliphatic carbocycles. The number of hydrogen-bond acceptors (Lipinski definition) is 4. The van der Waals surface area contributed by atoms with Crippen LogP contribution < -0.4 is 10.0 Å². The molecule has 0 bridgehead atoms.